The molecule has 2 aromatic rings. The van der Waals surface area contributed by atoms with Crippen molar-refractivity contribution in [3.63, 3.8) is 0 Å². The largest absolute Gasteiger partial charge is 0.486 e. The molecule has 0 saturated heterocycles. The predicted octanol–water partition coefficient (Wildman–Crippen LogP) is 4.28. The first-order valence-electron chi connectivity index (χ1n) is 7.34. The number of aldehydes is 1. The molecule has 0 amide bonds. The number of rotatable bonds is 5. The summed E-state index contributed by atoms with van der Waals surface area (Å²) in [6.07, 6.45) is 3.60. The van der Waals surface area contributed by atoms with Crippen LogP contribution in [0.25, 0.3) is 0 Å². The van der Waals surface area contributed by atoms with Crippen molar-refractivity contribution in [3.05, 3.63) is 78.2 Å². The van der Waals surface area contributed by atoms with Gasteiger partial charge in [0.15, 0.2) is 12.4 Å². The molecule has 0 saturated carbocycles. The predicted molar refractivity (Wildman–Crippen MR) is 89.4 cm³/mol. The number of para-hydroxylation sites is 1. The van der Waals surface area contributed by atoms with Crippen LogP contribution < -0.4 is 10.1 Å². The fraction of sp³-hybridized carbons (Fsp3) is 0.105. The Bertz CT molecular complexity index is 733. The van der Waals surface area contributed by atoms with Crippen LogP contribution in [-0.2, 0) is 9.53 Å². The summed E-state index contributed by atoms with van der Waals surface area (Å²) in [6, 6.07) is 17.3. The van der Waals surface area contributed by atoms with E-state index < -0.39 is 6.10 Å². The van der Waals surface area contributed by atoms with Crippen LogP contribution in [0.2, 0.25) is 0 Å². The maximum absolute atomic E-state index is 10.9. The van der Waals surface area contributed by atoms with Gasteiger partial charge in [-0.05, 0) is 49.4 Å². The van der Waals surface area contributed by atoms with Gasteiger partial charge in [-0.2, -0.15) is 0 Å². The van der Waals surface area contributed by atoms with E-state index in [0.29, 0.717) is 0 Å². The monoisotopic (exact) mass is 307 g/mol. The van der Waals surface area contributed by atoms with Crippen molar-refractivity contribution in [2.24, 2.45) is 0 Å². The van der Waals surface area contributed by atoms with Crippen molar-refractivity contribution in [2.75, 3.05) is 5.32 Å². The van der Waals surface area contributed by atoms with E-state index >= 15 is 0 Å². The van der Waals surface area contributed by atoms with E-state index in [1.807, 2.05) is 61.5 Å². The van der Waals surface area contributed by atoms with Gasteiger partial charge in [0.2, 0.25) is 0 Å². The molecule has 1 N–H and O–H groups in total. The Morgan fingerprint density at radius 1 is 1.09 bits per heavy atom. The van der Waals surface area contributed by atoms with E-state index in [9.17, 15) is 4.79 Å². The highest BCUT2D eigenvalue weighted by Gasteiger charge is 2.19. The average Bonchev–Trinajstić information content (AvgIpc) is 3.06. The number of hydrogen-bond donors (Lipinski definition) is 1. The number of nitrogens with one attached hydrogen (secondary N) is 1. The van der Waals surface area contributed by atoms with Crippen LogP contribution in [0, 0.1) is 0 Å². The van der Waals surface area contributed by atoms with Gasteiger partial charge in [0.1, 0.15) is 11.5 Å². The zero-order chi connectivity index (χ0) is 16.1. The van der Waals surface area contributed by atoms with Gasteiger partial charge in [-0.25, -0.2) is 0 Å². The van der Waals surface area contributed by atoms with E-state index in [0.717, 1.165) is 34.7 Å². The smallest absolute Gasteiger partial charge is 0.180 e. The third-order valence-corrected chi connectivity index (χ3v) is 3.50. The lowest BCUT2D eigenvalue weighted by Crippen LogP contribution is -2.13. The molecule has 4 nitrogen and oxygen atoms in total. The second kappa shape index (κ2) is 6.83. The number of carbonyl (C=O) groups excluding carboxylic acids is 1. The normalized spacial score (nSPS) is 18.2. The van der Waals surface area contributed by atoms with Crippen LogP contribution in [-0.4, -0.2) is 12.4 Å². The van der Waals surface area contributed by atoms with E-state index in [2.05, 4.69) is 5.32 Å². The SMILES string of the molecule is CC(Nc1ccc(Oc2ccccc2)cc1)=C1C=COC1C=O. The zero-order valence-electron chi connectivity index (χ0n) is 12.7. The van der Waals surface area contributed by atoms with Crippen molar-refractivity contribution in [1.82, 2.24) is 0 Å². The number of carbonyl (C=O) groups is 1. The highest BCUT2D eigenvalue weighted by molar-refractivity contribution is 5.67. The molecule has 3 rings (SSSR count). The molecule has 0 fully saturated rings. The molecule has 2 aromatic carbocycles. The van der Waals surface area contributed by atoms with Gasteiger partial charge in [0.25, 0.3) is 0 Å². The molecule has 0 aromatic heterocycles. The summed E-state index contributed by atoms with van der Waals surface area (Å²) >= 11 is 0. The van der Waals surface area contributed by atoms with Gasteiger partial charge in [-0.3, -0.25) is 4.79 Å². The number of ether oxygens (including phenoxy) is 2. The summed E-state index contributed by atoms with van der Waals surface area (Å²) < 4.78 is 10.9. The van der Waals surface area contributed by atoms with Crippen LogP contribution in [0.15, 0.2) is 78.2 Å². The molecule has 1 heterocycles. The minimum atomic E-state index is -0.525. The third kappa shape index (κ3) is 3.61. The van der Waals surface area contributed by atoms with E-state index in [1.165, 1.54) is 6.26 Å². The van der Waals surface area contributed by atoms with Crippen LogP contribution in [0.4, 0.5) is 5.69 Å². The Kier molecular flexibility index (Phi) is 4.43. The number of hydrogen-bond acceptors (Lipinski definition) is 4. The van der Waals surface area contributed by atoms with Gasteiger partial charge in [-0.1, -0.05) is 18.2 Å². The van der Waals surface area contributed by atoms with Crippen LogP contribution in [0.1, 0.15) is 6.92 Å². The Hall–Kier alpha value is -3.01. The van der Waals surface area contributed by atoms with E-state index in [4.69, 9.17) is 9.47 Å². The Labute approximate surface area is 135 Å². The maximum Gasteiger partial charge on any atom is 0.180 e. The molecule has 23 heavy (non-hydrogen) atoms. The summed E-state index contributed by atoms with van der Waals surface area (Å²) in [4.78, 5) is 10.9. The minimum absolute atomic E-state index is 0.525. The fourth-order valence-corrected chi connectivity index (χ4v) is 2.33. The summed E-state index contributed by atoms with van der Waals surface area (Å²) in [5.74, 6) is 1.57. The van der Waals surface area contributed by atoms with Crippen molar-refractivity contribution in [2.45, 2.75) is 13.0 Å². The van der Waals surface area contributed by atoms with Crippen LogP contribution in [0.3, 0.4) is 0 Å². The van der Waals surface area contributed by atoms with Crippen molar-refractivity contribution in [1.29, 1.82) is 0 Å². The number of benzene rings is 2. The molecule has 1 aliphatic heterocycles. The van der Waals surface area contributed by atoms with Gasteiger partial charge >= 0.3 is 0 Å². The van der Waals surface area contributed by atoms with Crippen LogP contribution in [0.5, 0.6) is 11.5 Å². The van der Waals surface area contributed by atoms with Gasteiger partial charge < -0.3 is 14.8 Å². The average molecular weight is 307 g/mol. The fourth-order valence-electron chi connectivity index (χ4n) is 2.33. The van der Waals surface area contributed by atoms with E-state index in [-0.39, 0.29) is 0 Å². The maximum atomic E-state index is 10.9. The van der Waals surface area contributed by atoms with Crippen molar-refractivity contribution >= 4 is 12.0 Å². The molecule has 116 valence electrons. The molecule has 0 bridgehead atoms. The second-order valence-electron chi connectivity index (χ2n) is 5.14. The number of allylic oxidation sites excluding steroid dienone is 1. The lowest BCUT2D eigenvalue weighted by atomic mass is 10.1. The topological polar surface area (TPSA) is 47.6 Å². The van der Waals surface area contributed by atoms with E-state index in [1.54, 1.807) is 6.08 Å². The van der Waals surface area contributed by atoms with Crippen LogP contribution >= 0.6 is 0 Å². The van der Waals surface area contributed by atoms with Gasteiger partial charge in [0.05, 0.1) is 6.26 Å². The first-order valence-corrected chi connectivity index (χ1v) is 7.34. The zero-order valence-corrected chi connectivity index (χ0v) is 12.7. The summed E-state index contributed by atoms with van der Waals surface area (Å²) in [7, 11) is 0. The standard InChI is InChI=1S/C19H17NO3/c1-14(18-11-12-22-19(18)13-21)20-15-7-9-17(10-8-15)23-16-5-3-2-4-6-16/h2-13,19-20H,1H3. The summed E-state index contributed by atoms with van der Waals surface area (Å²) in [5, 5.41) is 3.27. The molecule has 1 atom stereocenters. The van der Waals surface area contributed by atoms with Crippen molar-refractivity contribution in [3.8, 4) is 11.5 Å². The first kappa shape index (κ1) is 14.9. The molecule has 0 spiro atoms. The lowest BCUT2D eigenvalue weighted by Gasteiger charge is -2.12. The second-order valence-corrected chi connectivity index (χ2v) is 5.14. The Balaban J connectivity index is 1.69. The molecule has 4 heteroatoms. The highest BCUT2D eigenvalue weighted by Crippen LogP contribution is 2.25. The van der Waals surface area contributed by atoms with Gasteiger partial charge in [0, 0.05) is 17.0 Å². The molecule has 1 aliphatic rings. The highest BCUT2D eigenvalue weighted by atomic mass is 16.5. The molecule has 0 aliphatic carbocycles. The summed E-state index contributed by atoms with van der Waals surface area (Å²) in [6.45, 7) is 1.92. The number of anilines is 1. The van der Waals surface area contributed by atoms with Crippen molar-refractivity contribution < 1.29 is 14.3 Å². The Morgan fingerprint density at radius 2 is 1.78 bits per heavy atom. The molecular weight excluding hydrogens is 290 g/mol. The van der Waals surface area contributed by atoms with Gasteiger partial charge in [-0.15, -0.1) is 0 Å². The molecule has 1 unspecified atom stereocenters. The minimum Gasteiger partial charge on any atom is -0.486 e. The molecule has 0 radical (unpaired) electrons. The summed E-state index contributed by atoms with van der Waals surface area (Å²) in [5.41, 5.74) is 2.64. The Morgan fingerprint density at radius 3 is 2.48 bits per heavy atom. The lowest BCUT2D eigenvalue weighted by molar-refractivity contribution is -0.113. The molecular formula is C19H17NO3. The first-order chi connectivity index (χ1) is 11.3. The quantitative estimate of drug-likeness (QED) is 0.838. The third-order valence-electron chi connectivity index (χ3n) is 3.50.